The number of halogens is 1. The van der Waals surface area contributed by atoms with Crippen LogP contribution in [-0.4, -0.2) is 16.2 Å². The van der Waals surface area contributed by atoms with Crippen LogP contribution < -0.4 is 0 Å². The third kappa shape index (κ3) is 3.08. The second kappa shape index (κ2) is 5.00. The Morgan fingerprint density at radius 3 is 2.50 bits per heavy atom. The van der Waals surface area contributed by atoms with Crippen LogP contribution in [0.4, 0.5) is 0 Å². The molecule has 0 heterocycles. The molecule has 1 aromatic rings. The van der Waals surface area contributed by atoms with Crippen LogP contribution in [0.1, 0.15) is 43.1 Å². The Hall–Kier alpha value is -0.830. The van der Waals surface area contributed by atoms with E-state index in [1.807, 2.05) is 6.07 Å². The molecule has 0 aliphatic rings. The summed E-state index contributed by atoms with van der Waals surface area (Å²) in [5, 5.41) is 10.3. The van der Waals surface area contributed by atoms with E-state index in [-0.39, 0.29) is 16.9 Å². The lowest BCUT2D eigenvalue weighted by Crippen LogP contribution is -2.12. The highest BCUT2D eigenvalue weighted by atomic mass is 79.9. The third-order valence-electron chi connectivity index (χ3n) is 2.48. The Balaban J connectivity index is 3.14. The molecule has 0 fully saturated rings. The zero-order valence-electron chi connectivity index (χ0n) is 9.88. The number of carbonyl (C=O) groups excluding carboxylic acids is 1. The van der Waals surface area contributed by atoms with Gasteiger partial charge in [-0.25, -0.2) is 0 Å². The summed E-state index contributed by atoms with van der Waals surface area (Å²) >= 11 is 3.23. The molecule has 0 bridgehead atoms. The van der Waals surface area contributed by atoms with Crippen LogP contribution in [0.5, 0.6) is 5.75 Å². The van der Waals surface area contributed by atoms with Gasteiger partial charge in [-0.2, -0.15) is 0 Å². The zero-order chi connectivity index (χ0) is 12.3. The quantitative estimate of drug-likeness (QED) is 0.679. The number of ketones is 1. The van der Waals surface area contributed by atoms with Crippen LogP contribution in [0.3, 0.4) is 0 Å². The van der Waals surface area contributed by atoms with Crippen LogP contribution in [0.2, 0.25) is 0 Å². The van der Waals surface area contributed by atoms with Gasteiger partial charge in [-0.1, -0.05) is 42.8 Å². The first-order valence-electron chi connectivity index (χ1n) is 5.29. The molecule has 0 spiro atoms. The van der Waals surface area contributed by atoms with Crippen LogP contribution >= 0.6 is 15.9 Å². The second-order valence-corrected chi connectivity index (χ2v) is 5.64. The first-order chi connectivity index (χ1) is 7.36. The Labute approximate surface area is 105 Å². The molecule has 1 aromatic carbocycles. The van der Waals surface area contributed by atoms with Crippen molar-refractivity contribution in [3.05, 3.63) is 29.3 Å². The van der Waals surface area contributed by atoms with Crippen LogP contribution in [0.15, 0.2) is 18.2 Å². The third-order valence-corrected chi connectivity index (χ3v) is 2.88. The normalized spacial score (nSPS) is 11.5. The average molecular weight is 285 g/mol. The number of alkyl halides is 1. The van der Waals surface area contributed by atoms with E-state index in [1.54, 1.807) is 12.1 Å². The largest absolute Gasteiger partial charge is 0.507 e. The van der Waals surface area contributed by atoms with Gasteiger partial charge in [-0.05, 0) is 23.1 Å². The molecule has 0 amide bonds. The Bertz CT molecular complexity index is 391. The second-order valence-electron chi connectivity index (χ2n) is 4.84. The van der Waals surface area contributed by atoms with E-state index < -0.39 is 0 Å². The molecule has 0 radical (unpaired) electrons. The lowest BCUT2D eigenvalue weighted by molar-refractivity contribution is 0.0987. The van der Waals surface area contributed by atoms with Gasteiger partial charge in [0.05, 0.1) is 5.56 Å². The molecular weight excluding hydrogens is 268 g/mol. The van der Waals surface area contributed by atoms with Gasteiger partial charge < -0.3 is 5.11 Å². The molecular formula is C13H17BrO2. The molecule has 0 unspecified atom stereocenters. The maximum atomic E-state index is 11.8. The number of carbonyl (C=O) groups is 1. The molecule has 1 N–H and O–H groups in total. The van der Waals surface area contributed by atoms with Gasteiger partial charge in [-0.15, -0.1) is 0 Å². The molecule has 1 rings (SSSR count). The van der Waals surface area contributed by atoms with Gasteiger partial charge >= 0.3 is 0 Å². The van der Waals surface area contributed by atoms with E-state index in [1.165, 1.54) is 0 Å². The molecule has 0 atom stereocenters. The predicted octanol–water partition coefficient (Wildman–Crippen LogP) is 3.66. The van der Waals surface area contributed by atoms with Crippen molar-refractivity contribution < 1.29 is 9.90 Å². The number of phenols is 1. The molecule has 2 nitrogen and oxygen atoms in total. The van der Waals surface area contributed by atoms with Gasteiger partial charge in [0.25, 0.3) is 0 Å². The van der Waals surface area contributed by atoms with E-state index in [4.69, 9.17) is 0 Å². The van der Waals surface area contributed by atoms with E-state index in [0.717, 1.165) is 5.56 Å². The number of phenolic OH excluding ortho intramolecular Hbond substituents is 1. The smallest absolute Gasteiger partial charge is 0.167 e. The van der Waals surface area contributed by atoms with E-state index >= 15 is 0 Å². The van der Waals surface area contributed by atoms with Crippen molar-refractivity contribution in [2.45, 2.75) is 32.6 Å². The van der Waals surface area contributed by atoms with Crippen LogP contribution in [0.25, 0.3) is 0 Å². The molecule has 0 aliphatic heterocycles. The number of hydrogen-bond donors (Lipinski definition) is 1. The molecule has 88 valence electrons. The molecule has 3 heteroatoms. The van der Waals surface area contributed by atoms with E-state index in [0.29, 0.717) is 17.3 Å². The van der Waals surface area contributed by atoms with Crippen LogP contribution in [-0.2, 0) is 5.41 Å². The van der Waals surface area contributed by atoms with E-state index in [9.17, 15) is 9.90 Å². The standard InChI is InChI=1S/C13H17BrO2/c1-13(2,3)9-4-5-11(15)10(8-9)12(16)6-7-14/h4-5,8,15H,6-7H2,1-3H3. The van der Waals surface area contributed by atoms with Crippen molar-refractivity contribution in [3.8, 4) is 5.75 Å². The summed E-state index contributed by atoms with van der Waals surface area (Å²) in [6.45, 7) is 6.24. The van der Waals surface area contributed by atoms with Crippen molar-refractivity contribution in [2.75, 3.05) is 5.33 Å². The fraction of sp³-hybridized carbons (Fsp3) is 0.462. The van der Waals surface area contributed by atoms with Crippen molar-refractivity contribution in [2.24, 2.45) is 0 Å². The van der Waals surface area contributed by atoms with Gasteiger partial charge in [0.1, 0.15) is 5.75 Å². The number of aromatic hydroxyl groups is 1. The first kappa shape index (κ1) is 13.2. The Morgan fingerprint density at radius 1 is 1.38 bits per heavy atom. The summed E-state index contributed by atoms with van der Waals surface area (Å²) in [4.78, 5) is 11.8. The minimum Gasteiger partial charge on any atom is -0.507 e. The number of rotatable bonds is 3. The topological polar surface area (TPSA) is 37.3 Å². The molecule has 0 saturated heterocycles. The highest BCUT2D eigenvalue weighted by molar-refractivity contribution is 9.09. The zero-order valence-corrected chi connectivity index (χ0v) is 11.5. The number of hydrogen-bond acceptors (Lipinski definition) is 2. The summed E-state index contributed by atoms with van der Waals surface area (Å²) in [5.41, 5.74) is 1.46. The van der Waals surface area contributed by atoms with Crippen molar-refractivity contribution >= 4 is 21.7 Å². The summed E-state index contributed by atoms with van der Waals surface area (Å²) in [6.07, 6.45) is 0.404. The highest BCUT2D eigenvalue weighted by Crippen LogP contribution is 2.28. The summed E-state index contributed by atoms with van der Waals surface area (Å²) in [7, 11) is 0. The van der Waals surface area contributed by atoms with Gasteiger partial charge in [0.2, 0.25) is 0 Å². The SMILES string of the molecule is CC(C)(C)c1ccc(O)c(C(=O)CCBr)c1. The lowest BCUT2D eigenvalue weighted by Gasteiger charge is -2.20. The van der Waals surface area contributed by atoms with Gasteiger partial charge in [-0.3, -0.25) is 4.79 Å². The highest BCUT2D eigenvalue weighted by Gasteiger charge is 2.18. The Kier molecular flexibility index (Phi) is 4.14. The monoisotopic (exact) mass is 284 g/mol. The maximum Gasteiger partial charge on any atom is 0.167 e. The first-order valence-corrected chi connectivity index (χ1v) is 6.41. The fourth-order valence-electron chi connectivity index (χ4n) is 1.45. The summed E-state index contributed by atoms with van der Waals surface area (Å²) in [5.74, 6) is 0.0411. The van der Waals surface area contributed by atoms with Gasteiger partial charge in [0, 0.05) is 11.8 Å². The number of Topliss-reactive ketones (excluding diaryl/α,β-unsaturated/α-hetero) is 1. The molecule has 0 saturated carbocycles. The lowest BCUT2D eigenvalue weighted by atomic mass is 9.85. The van der Waals surface area contributed by atoms with Crippen molar-refractivity contribution in [3.63, 3.8) is 0 Å². The van der Waals surface area contributed by atoms with E-state index in [2.05, 4.69) is 36.7 Å². The van der Waals surface area contributed by atoms with Crippen LogP contribution in [0, 0.1) is 0 Å². The minimum absolute atomic E-state index is 0.0167. The molecule has 0 aliphatic carbocycles. The van der Waals surface area contributed by atoms with Crippen molar-refractivity contribution in [1.29, 1.82) is 0 Å². The van der Waals surface area contributed by atoms with Crippen molar-refractivity contribution in [1.82, 2.24) is 0 Å². The maximum absolute atomic E-state index is 11.8. The van der Waals surface area contributed by atoms with Gasteiger partial charge in [0.15, 0.2) is 5.78 Å². The molecule has 16 heavy (non-hydrogen) atoms. The predicted molar refractivity (Wildman–Crippen MR) is 69.5 cm³/mol. The molecule has 0 aromatic heterocycles. The summed E-state index contributed by atoms with van der Waals surface area (Å²) in [6, 6.07) is 5.25. The number of benzene rings is 1. The average Bonchev–Trinajstić information content (AvgIpc) is 2.16. The fourth-order valence-corrected chi connectivity index (χ4v) is 1.81. The summed E-state index contributed by atoms with van der Waals surface area (Å²) < 4.78 is 0. The minimum atomic E-state index is -0.0273. The Morgan fingerprint density at radius 2 is 2.00 bits per heavy atom.